The molecule has 0 bridgehead atoms. The first kappa shape index (κ1) is 23.3. The number of carbonyl (C=O) groups excluding carboxylic acids is 1. The number of nitrogens with one attached hydrogen (secondary N) is 2. The molecule has 0 aromatic heterocycles. The Morgan fingerprint density at radius 2 is 1.81 bits per heavy atom. The minimum atomic E-state index is -3.67. The van der Waals surface area contributed by atoms with E-state index in [1.807, 2.05) is 13.8 Å². The highest BCUT2D eigenvalue weighted by Crippen LogP contribution is 2.19. The molecule has 0 saturated carbocycles. The Morgan fingerprint density at radius 1 is 1.06 bits per heavy atom. The van der Waals surface area contributed by atoms with E-state index in [1.54, 1.807) is 42.5 Å². The second-order valence-corrected chi connectivity index (χ2v) is 10.1. The zero-order chi connectivity index (χ0) is 22.4. The van der Waals surface area contributed by atoms with Gasteiger partial charge >= 0.3 is 0 Å². The summed E-state index contributed by atoms with van der Waals surface area (Å²) < 4.78 is 27.8. The largest absolute Gasteiger partial charge is 0.352 e. The van der Waals surface area contributed by atoms with E-state index in [0.29, 0.717) is 23.8 Å². The lowest BCUT2D eigenvalue weighted by atomic mass is 10.0. The average molecular weight is 444 g/mol. The van der Waals surface area contributed by atoms with Gasteiger partial charge in [0.1, 0.15) is 0 Å². The number of rotatable bonds is 8. The summed E-state index contributed by atoms with van der Waals surface area (Å²) in [5.41, 5.74) is 2.90. The van der Waals surface area contributed by atoms with Crippen LogP contribution in [0.1, 0.15) is 54.1 Å². The van der Waals surface area contributed by atoms with Crippen molar-refractivity contribution < 1.29 is 13.2 Å². The zero-order valence-corrected chi connectivity index (χ0v) is 19.5. The Bertz CT molecular complexity index is 1000. The van der Waals surface area contributed by atoms with Crippen molar-refractivity contribution in [2.75, 3.05) is 24.4 Å². The fourth-order valence-corrected chi connectivity index (χ4v) is 5.00. The van der Waals surface area contributed by atoms with Crippen LogP contribution in [-0.4, -0.2) is 44.9 Å². The Morgan fingerprint density at radius 3 is 2.48 bits per heavy atom. The molecule has 2 aromatic carbocycles. The summed E-state index contributed by atoms with van der Waals surface area (Å²) in [6, 6.07) is 12.2. The lowest BCUT2D eigenvalue weighted by Gasteiger charge is -2.33. The van der Waals surface area contributed by atoms with Gasteiger partial charge in [-0.2, -0.15) is 0 Å². The van der Waals surface area contributed by atoms with Crippen LogP contribution < -0.4 is 10.0 Å². The summed E-state index contributed by atoms with van der Waals surface area (Å²) in [7, 11) is -3.67. The molecule has 0 aliphatic carbocycles. The van der Waals surface area contributed by atoms with E-state index in [1.165, 1.54) is 19.3 Å². The summed E-state index contributed by atoms with van der Waals surface area (Å²) in [5, 5.41) is 2.95. The molecule has 0 radical (unpaired) electrons. The highest BCUT2D eigenvalue weighted by atomic mass is 32.2. The van der Waals surface area contributed by atoms with Crippen molar-refractivity contribution in [3.05, 3.63) is 59.2 Å². The maximum absolute atomic E-state index is 12.6. The molecule has 0 unspecified atom stereocenters. The monoisotopic (exact) mass is 443 g/mol. The first-order valence-corrected chi connectivity index (χ1v) is 12.5. The molecule has 1 amide bonds. The number of hydrogen-bond donors (Lipinski definition) is 2. The SMILES string of the molecule is Cc1ccc(S(=O)(=O)Nc2ccc(C(=O)NCCCN3CCCC[C@H]3C)cc2)cc1C. The van der Waals surface area contributed by atoms with Gasteiger partial charge in [0.25, 0.3) is 15.9 Å². The predicted molar refractivity (Wildman–Crippen MR) is 125 cm³/mol. The Balaban J connectivity index is 1.50. The number of hydrogen-bond acceptors (Lipinski definition) is 4. The van der Waals surface area contributed by atoms with Crippen molar-refractivity contribution in [1.82, 2.24) is 10.2 Å². The third-order valence-electron chi connectivity index (χ3n) is 6.04. The second-order valence-electron chi connectivity index (χ2n) is 8.42. The minimum absolute atomic E-state index is 0.143. The molecule has 1 heterocycles. The quantitative estimate of drug-likeness (QED) is 0.602. The van der Waals surface area contributed by atoms with E-state index in [9.17, 15) is 13.2 Å². The van der Waals surface area contributed by atoms with Crippen LogP contribution in [-0.2, 0) is 10.0 Å². The van der Waals surface area contributed by atoms with Crippen LogP contribution in [0.15, 0.2) is 47.4 Å². The standard InChI is InChI=1S/C24H33N3O3S/c1-18-8-13-23(17-19(18)2)31(29,30)26-22-11-9-21(10-12-22)24(28)25-14-6-16-27-15-5-4-7-20(27)3/h8-13,17,20,26H,4-7,14-16H2,1-3H3,(H,25,28)/t20-/m1/s1. The van der Waals surface area contributed by atoms with Crippen molar-refractivity contribution in [3.8, 4) is 0 Å². The molecule has 1 saturated heterocycles. The molecule has 1 atom stereocenters. The van der Waals surface area contributed by atoms with Gasteiger partial charge in [-0.25, -0.2) is 8.42 Å². The number of sulfonamides is 1. The molecule has 1 aliphatic heterocycles. The lowest BCUT2D eigenvalue weighted by molar-refractivity contribution is 0.0949. The predicted octanol–water partition coefficient (Wildman–Crippen LogP) is 4.10. The van der Waals surface area contributed by atoms with Gasteiger partial charge in [0.05, 0.1) is 4.90 Å². The Hall–Kier alpha value is -2.38. The highest BCUT2D eigenvalue weighted by Gasteiger charge is 2.18. The van der Waals surface area contributed by atoms with E-state index in [2.05, 4.69) is 21.9 Å². The smallest absolute Gasteiger partial charge is 0.261 e. The van der Waals surface area contributed by atoms with E-state index in [0.717, 1.165) is 30.6 Å². The molecule has 168 valence electrons. The number of anilines is 1. The summed E-state index contributed by atoms with van der Waals surface area (Å²) in [6.07, 6.45) is 4.75. The summed E-state index contributed by atoms with van der Waals surface area (Å²) in [4.78, 5) is 15.1. The third-order valence-corrected chi connectivity index (χ3v) is 7.42. The number of carbonyl (C=O) groups is 1. The molecule has 31 heavy (non-hydrogen) atoms. The fraction of sp³-hybridized carbons (Fsp3) is 0.458. The van der Waals surface area contributed by atoms with Crippen LogP contribution in [0.25, 0.3) is 0 Å². The first-order valence-electron chi connectivity index (χ1n) is 11.0. The molecule has 2 aromatic rings. The maximum Gasteiger partial charge on any atom is 0.261 e. The summed E-state index contributed by atoms with van der Waals surface area (Å²) >= 11 is 0. The van der Waals surface area contributed by atoms with Gasteiger partial charge in [-0.3, -0.25) is 9.52 Å². The molecule has 7 heteroatoms. The molecular weight excluding hydrogens is 410 g/mol. The zero-order valence-electron chi connectivity index (χ0n) is 18.6. The fourth-order valence-electron chi connectivity index (χ4n) is 3.86. The van der Waals surface area contributed by atoms with Gasteiger partial charge < -0.3 is 10.2 Å². The average Bonchev–Trinajstić information content (AvgIpc) is 2.74. The van der Waals surface area contributed by atoms with E-state index < -0.39 is 10.0 Å². The number of likely N-dealkylation sites (tertiary alicyclic amines) is 1. The topological polar surface area (TPSA) is 78.5 Å². The second kappa shape index (κ2) is 10.3. The number of aryl methyl sites for hydroxylation is 2. The Kier molecular flexibility index (Phi) is 7.73. The maximum atomic E-state index is 12.6. The number of piperidine rings is 1. The van der Waals surface area contributed by atoms with Crippen molar-refractivity contribution in [1.29, 1.82) is 0 Å². The molecule has 1 fully saturated rings. The molecule has 6 nitrogen and oxygen atoms in total. The molecule has 1 aliphatic rings. The summed E-state index contributed by atoms with van der Waals surface area (Å²) in [5.74, 6) is -0.143. The molecule has 3 rings (SSSR count). The van der Waals surface area contributed by atoms with Crippen molar-refractivity contribution in [2.24, 2.45) is 0 Å². The van der Waals surface area contributed by atoms with Crippen LogP contribution in [0.3, 0.4) is 0 Å². The first-order chi connectivity index (χ1) is 14.8. The van der Waals surface area contributed by atoms with Gasteiger partial charge in [-0.15, -0.1) is 0 Å². The molecule has 0 spiro atoms. The van der Waals surface area contributed by atoms with E-state index in [4.69, 9.17) is 0 Å². The number of nitrogens with zero attached hydrogens (tertiary/aromatic N) is 1. The van der Waals surface area contributed by atoms with Crippen molar-refractivity contribution >= 4 is 21.6 Å². The van der Waals surface area contributed by atoms with Gasteiger partial charge in [0.15, 0.2) is 0 Å². The van der Waals surface area contributed by atoms with Crippen molar-refractivity contribution in [2.45, 2.75) is 57.4 Å². The molecule has 2 N–H and O–H groups in total. The van der Waals surface area contributed by atoms with E-state index in [-0.39, 0.29) is 10.8 Å². The molecular formula is C24H33N3O3S. The lowest BCUT2D eigenvalue weighted by Crippen LogP contribution is -2.39. The highest BCUT2D eigenvalue weighted by molar-refractivity contribution is 7.92. The number of benzene rings is 2. The van der Waals surface area contributed by atoms with Crippen LogP contribution >= 0.6 is 0 Å². The normalized spacial score (nSPS) is 17.3. The Labute approximate surface area is 186 Å². The third kappa shape index (κ3) is 6.31. The van der Waals surface area contributed by atoms with Crippen LogP contribution in [0.4, 0.5) is 5.69 Å². The van der Waals surface area contributed by atoms with Crippen LogP contribution in [0, 0.1) is 13.8 Å². The summed E-state index contributed by atoms with van der Waals surface area (Å²) in [6.45, 7) is 8.87. The van der Waals surface area contributed by atoms with Gasteiger partial charge in [-0.05, 0) is 94.1 Å². The van der Waals surface area contributed by atoms with Crippen LogP contribution in [0.2, 0.25) is 0 Å². The van der Waals surface area contributed by atoms with Gasteiger partial charge in [0.2, 0.25) is 0 Å². The minimum Gasteiger partial charge on any atom is -0.352 e. The van der Waals surface area contributed by atoms with Gasteiger partial charge in [0, 0.05) is 30.4 Å². The van der Waals surface area contributed by atoms with Crippen molar-refractivity contribution in [3.63, 3.8) is 0 Å². The van der Waals surface area contributed by atoms with Crippen LogP contribution in [0.5, 0.6) is 0 Å². The van der Waals surface area contributed by atoms with E-state index >= 15 is 0 Å². The number of amides is 1. The van der Waals surface area contributed by atoms with Gasteiger partial charge in [-0.1, -0.05) is 12.5 Å².